The summed E-state index contributed by atoms with van der Waals surface area (Å²) in [6.07, 6.45) is -4.01. The van der Waals surface area contributed by atoms with Crippen LogP contribution in [0.4, 0.5) is 17.6 Å². The molecular formula is C11H7F4N3O2. The maximum atomic E-state index is 13.6. The van der Waals surface area contributed by atoms with Crippen LogP contribution in [0.15, 0.2) is 18.3 Å². The van der Waals surface area contributed by atoms with Crippen molar-refractivity contribution < 1.29 is 27.1 Å². The highest BCUT2D eigenvalue weighted by atomic mass is 19.4. The average Bonchev–Trinajstić information content (AvgIpc) is 2.86. The van der Waals surface area contributed by atoms with Gasteiger partial charge in [-0.25, -0.2) is 9.78 Å². The Labute approximate surface area is 109 Å². The van der Waals surface area contributed by atoms with Crippen molar-refractivity contribution in [1.29, 1.82) is 0 Å². The lowest BCUT2D eigenvalue weighted by Crippen LogP contribution is -2.08. The Hall–Kier alpha value is -2.45. The van der Waals surface area contributed by atoms with Gasteiger partial charge in [0.15, 0.2) is 0 Å². The molecule has 5 nitrogen and oxygen atoms in total. The number of aromatic amines is 1. The maximum Gasteiger partial charge on any atom is 0.420 e. The van der Waals surface area contributed by atoms with Gasteiger partial charge in [-0.2, -0.15) is 22.7 Å². The van der Waals surface area contributed by atoms with E-state index in [0.717, 1.165) is 19.2 Å². The van der Waals surface area contributed by atoms with Crippen LogP contribution in [0.3, 0.4) is 0 Å². The quantitative estimate of drug-likeness (QED) is 0.523. The first kappa shape index (κ1) is 14.0. The predicted octanol–water partition coefficient (Wildman–Crippen LogP) is 2.42. The van der Waals surface area contributed by atoms with Gasteiger partial charge in [0.2, 0.25) is 5.95 Å². The van der Waals surface area contributed by atoms with E-state index in [2.05, 4.69) is 14.8 Å². The molecule has 9 heteroatoms. The molecule has 1 N–H and O–H groups in total. The molecule has 0 bridgehead atoms. The maximum absolute atomic E-state index is 13.6. The number of nitrogens with zero attached hydrogens (tertiary/aromatic N) is 2. The van der Waals surface area contributed by atoms with E-state index in [4.69, 9.17) is 0 Å². The molecule has 0 aliphatic carbocycles. The summed E-state index contributed by atoms with van der Waals surface area (Å²) in [5.41, 5.74) is -2.44. The van der Waals surface area contributed by atoms with E-state index in [1.165, 1.54) is 0 Å². The summed E-state index contributed by atoms with van der Waals surface area (Å²) in [5.74, 6) is -2.20. The molecule has 0 atom stereocenters. The van der Waals surface area contributed by atoms with Gasteiger partial charge in [-0.3, -0.25) is 5.10 Å². The number of halogens is 4. The van der Waals surface area contributed by atoms with Crippen LogP contribution in [0.25, 0.3) is 11.4 Å². The first-order valence-electron chi connectivity index (χ1n) is 5.20. The Bertz CT molecular complexity index is 651. The Morgan fingerprint density at radius 2 is 2.05 bits per heavy atom. The third kappa shape index (κ3) is 2.46. The summed E-state index contributed by atoms with van der Waals surface area (Å²) < 4.78 is 55.9. The molecule has 20 heavy (non-hydrogen) atoms. The number of methoxy groups -OCH3 is 1. The predicted molar refractivity (Wildman–Crippen MR) is 58.1 cm³/mol. The highest BCUT2D eigenvalue weighted by Gasteiger charge is 2.36. The second-order valence-electron chi connectivity index (χ2n) is 3.67. The number of pyridine rings is 1. The summed E-state index contributed by atoms with van der Waals surface area (Å²) in [4.78, 5) is 14.5. The highest BCUT2D eigenvalue weighted by molar-refractivity contribution is 5.89. The van der Waals surface area contributed by atoms with Gasteiger partial charge < -0.3 is 4.74 Å². The van der Waals surface area contributed by atoms with E-state index in [9.17, 15) is 22.4 Å². The van der Waals surface area contributed by atoms with E-state index in [1.807, 2.05) is 5.10 Å². The SMILES string of the molecule is COC(=O)c1ccc(-c2n[nH]cc2C(F)(F)F)nc1F. The lowest BCUT2D eigenvalue weighted by Gasteiger charge is -2.07. The van der Waals surface area contributed by atoms with Crippen LogP contribution in [-0.4, -0.2) is 28.3 Å². The summed E-state index contributed by atoms with van der Waals surface area (Å²) in [5, 5.41) is 5.45. The molecule has 0 amide bonds. The third-order valence-corrected chi connectivity index (χ3v) is 2.44. The number of rotatable bonds is 2. The number of hydrogen-bond donors (Lipinski definition) is 1. The van der Waals surface area contributed by atoms with Crippen LogP contribution in [0.1, 0.15) is 15.9 Å². The molecule has 0 spiro atoms. The zero-order chi connectivity index (χ0) is 14.9. The molecule has 2 aromatic heterocycles. The number of nitrogens with one attached hydrogen (secondary N) is 1. The number of esters is 1. The zero-order valence-electron chi connectivity index (χ0n) is 9.95. The van der Waals surface area contributed by atoms with E-state index >= 15 is 0 Å². The first-order valence-corrected chi connectivity index (χ1v) is 5.20. The van der Waals surface area contributed by atoms with Crippen molar-refractivity contribution in [1.82, 2.24) is 15.2 Å². The molecule has 2 aromatic rings. The van der Waals surface area contributed by atoms with Crippen molar-refractivity contribution >= 4 is 5.97 Å². The topological polar surface area (TPSA) is 67.9 Å². The monoisotopic (exact) mass is 289 g/mol. The molecule has 0 saturated heterocycles. The van der Waals surface area contributed by atoms with Gasteiger partial charge >= 0.3 is 12.1 Å². The molecule has 0 unspecified atom stereocenters. The normalized spacial score (nSPS) is 11.4. The van der Waals surface area contributed by atoms with E-state index in [1.54, 1.807) is 0 Å². The molecule has 2 heterocycles. The molecule has 2 rings (SSSR count). The van der Waals surface area contributed by atoms with Gasteiger partial charge in [0.1, 0.15) is 16.8 Å². The summed E-state index contributed by atoms with van der Waals surface area (Å²) in [6, 6.07) is 2.04. The lowest BCUT2D eigenvalue weighted by atomic mass is 10.1. The van der Waals surface area contributed by atoms with E-state index in [-0.39, 0.29) is 5.69 Å². The summed E-state index contributed by atoms with van der Waals surface area (Å²) in [6.45, 7) is 0. The number of carbonyl (C=O) groups excluding carboxylic acids is 1. The fraction of sp³-hybridized carbons (Fsp3) is 0.182. The minimum atomic E-state index is -4.65. The van der Waals surface area contributed by atoms with E-state index < -0.39 is 34.9 Å². The minimum Gasteiger partial charge on any atom is -0.465 e. The van der Waals surface area contributed by atoms with Crippen molar-refractivity contribution in [3.8, 4) is 11.4 Å². The van der Waals surface area contributed by atoms with Crippen LogP contribution in [0.2, 0.25) is 0 Å². The molecule has 0 radical (unpaired) electrons. The van der Waals surface area contributed by atoms with Gasteiger partial charge in [0.25, 0.3) is 0 Å². The number of carbonyl (C=O) groups is 1. The van der Waals surface area contributed by atoms with Gasteiger partial charge in [-0.1, -0.05) is 0 Å². The van der Waals surface area contributed by atoms with E-state index in [0.29, 0.717) is 6.20 Å². The average molecular weight is 289 g/mol. The smallest absolute Gasteiger partial charge is 0.420 e. The minimum absolute atomic E-state index is 0.344. The molecule has 0 fully saturated rings. The van der Waals surface area contributed by atoms with Gasteiger partial charge in [-0.15, -0.1) is 0 Å². The highest BCUT2D eigenvalue weighted by Crippen LogP contribution is 2.35. The molecular weight excluding hydrogens is 282 g/mol. The van der Waals surface area contributed by atoms with Gasteiger partial charge in [-0.05, 0) is 12.1 Å². The van der Waals surface area contributed by atoms with Crippen LogP contribution in [0, 0.1) is 5.95 Å². The fourth-order valence-corrected chi connectivity index (χ4v) is 1.53. The second-order valence-corrected chi connectivity index (χ2v) is 3.67. The Balaban J connectivity index is 2.48. The molecule has 0 saturated carbocycles. The van der Waals surface area contributed by atoms with Gasteiger partial charge in [0, 0.05) is 6.20 Å². The second kappa shape index (κ2) is 4.91. The van der Waals surface area contributed by atoms with Crippen molar-refractivity contribution in [3.05, 3.63) is 35.4 Å². The van der Waals surface area contributed by atoms with Crippen molar-refractivity contribution in [2.45, 2.75) is 6.18 Å². The largest absolute Gasteiger partial charge is 0.465 e. The molecule has 0 aromatic carbocycles. The first-order chi connectivity index (χ1) is 9.34. The molecule has 0 aliphatic heterocycles. The third-order valence-electron chi connectivity index (χ3n) is 2.44. The zero-order valence-corrected chi connectivity index (χ0v) is 9.95. The molecule has 0 aliphatic rings. The Morgan fingerprint density at radius 3 is 2.60 bits per heavy atom. The van der Waals surface area contributed by atoms with Crippen molar-refractivity contribution in [2.24, 2.45) is 0 Å². The lowest BCUT2D eigenvalue weighted by molar-refractivity contribution is -0.137. The number of alkyl halides is 3. The number of aromatic nitrogens is 3. The summed E-state index contributed by atoms with van der Waals surface area (Å²) in [7, 11) is 1.05. The van der Waals surface area contributed by atoms with Gasteiger partial charge in [0.05, 0.1) is 12.8 Å². The Kier molecular flexibility index (Phi) is 3.43. The molecule has 106 valence electrons. The number of H-pyrrole nitrogens is 1. The van der Waals surface area contributed by atoms with Crippen molar-refractivity contribution in [3.63, 3.8) is 0 Å². The van der Waals surface area contributed by atoms with Crippen LogP contribution >= 0.6 is 0 Å². The standard InChI is InChI=1S/C11H7F4N3O2/c1-20-10(19)5-2-3-7(17-9(5)12)8-6(4-16-18-8)11(13,14)15/h2-4H,1H3,(H,16,18). The van der Waals surface area contributed by atoms with Crippen LogP contribution in [0.5, 0.6) is 0 Å². The fourth-order valence-electron chi connectivity index (χ4n) is 1.53. The van der Waals surface area contributed by atoms with Crippen LogP contribution in [-0.2, 0) is 10.9 Å². The van der Waals surface area contributed by atoms with Crippen LogP contribution < -0.4 is 0 Å². The van der Waals surface area contributed by atoms with Crippen molar-refractivity contribution in [2.75, 3.05) is 7.11 Å². The Morgan fingerprint density at radius 1 is 1.35 bits per heavy atom. The number of ether oxygens (including phenoxy) is 1. The summed E-state index contributed by atoms with van der Waals surface area (Å²) >= 11 is 0. The number of hydrogen-bond acceptors (Lipinski definition) is 4.